The van der Waals surface area contributed by atoms with Crippen LogP contribution in [0.1, 0.15) is 19.4 Å². The second-order valence-electron chi connectivity index (χ2n) is 4.18. The Kier molecular flexibility index (Phi) is 4.45. The van der Waals surface area contributed by atoms with E-state index < -0.39 is 11.6 Å². The molecule has 20 heavy (non-hydrogen) atoms. The minimum absolute atomic E-state index is 0.183. The summed E-state index contributed by atoms with van der Waals surface area (Å²) in [7, 11) is 0. The molecule has 4 nitrogen and oxygen atoms in total. The number of nitrogens with zero attached hydrogens (tertiary/aromatic N) is 2. The van der Waals surface area contributed by atoms with Crippen molar-refractivity contribution < 1.29 is 8.78 Å². The summed E-state index contributed by atoms with van der Waals surface area (Å²) in [5, 5.41) is 6.02. The number of rotatable bonds is 5. The van der Waals surface area contributed by atoms with Gasteiger partial charge in [0.05, 0.1) is 5.69 Å². The molecule has 1 aromatic carbocycles. The number of hydrogen-bond acceptors (Lipinski definition) is 4. The third kappa shape index (κ3) is 3.01. The first kappa shape index (κ1) is 14.2. The summed E-state index contributed by atoms with van der Waals surface area (Å²) in [6.45, 7) is 4.66. The van der Waals surface area contributed by atoms with Crippen LogP contribution in [0.3, 0.4) is 0 Å². The molecule has 2 rings (SSSR count). The van der Waals surface area contributed by atoms with Crippen LogP contribution in [0.2, 0.25) is 0 Å². The lowest BCUT2D eigenvalue weighted by atomic mass is 10.2. The molecule has 6 heteroatoms. The summed E-state index contributed by atoms with van der Waals surface area (Å²) in [6.07, 6.45) is 2.09. The molecular weight excluding hydrogens is 262 g/mol. The van der Waals surface area contributed by atoms with Gasteiger partial charge in [-0.1, -0.05) is 6.92 Å². The third-order valence-corrected chi connectivity index (χ3v) is 2.83. The number of nitrogens with one attached hydrogen (secondary N) is 2. The number of anilines is 3. The van der Waals surface area contributed by atoms with Gasteiger partial charge in [-0.15, -0.1) is 0 Å². The van der Waals surface area contributed by atoms with Gasteiger partial charge in [0.25, 0.3) is 0 Å². The van der Waals surface area contributed by atoms with Crippen LogP contribution in [0.15, 0.2) is 24.5 Å². The highest BCUT2D eigenvalue weighted by Crippen LogP contribution is 2.25. The maximum Gasteiger partial charge on any atom is 0.149 e. The van der Waals surface area contributed by atoms with Gasteiger partial charge >= 0.3 is 0 Å². The van der Waals surface area contributed by atoms with Crippen molar-refractivity contribution in [3.63, 3.8) is 0 Å². The fourth-order valence-corrected chi connectivity index (χ4v) is 1.89. The lowest BCUT2D eigenvalue weighted by Gasteiger charge is -2.14. The van der Waals surface area contributed by atoms with Gasteiger partial charge in [0, 0.05) is 18.2 Å². The van der Waals surface area contributed by atoms with E-state index in [4.69, 9.17) is 0 Å². The lowest BCUT2D eigenvalue weighted by molar-refractivity contribution is 0.586. The molecule has 0 amide bonds. The van der Waals surface area contributed by atoms with Crippen molar-refractivity contribution in [3.05, 3.63) is 41.7 Å². The van der Waals surface area contributed by atoms with Crippen molar-refractivity contribution in [2.45, 2.75) is 20.3 Å². The largest absolute Gasteiger partial charge is 0.370 e. The van der Waals surface area contributed by atoms with Crippen molar-refractivity contribution >= 4 is 17.3 Å². The molecule has 0 unspecified atom stereocenters. The summed E-state index contributed by atoms with van der Waals surface area (Å²) in [6, 6.07) is 3.38. The average Bonchev–Trinajstić information content (AvgIpc) is 2.42. The van der Waals surface area contributed by atoms with Crippen LogP contribution in [0, 0.1) is 11.6 Å². The van der Waals surface area contributed by atoms with E-state index in [9.17, 15) is 8.78 Å². The van der Waals surface area contributed by atoms with Gasteiger partial charge in [-0.2, -0.15) is 0 Å². The van der Waals surface area contributed by atoms with Crippen molar-refractivity contribution in [1.82, 2.24) is 9.97 Å². The first-order chi connectivity index (χ1) is 9.65. The molecule has 0 aliphatic carbocycles. The molecule has 2 N–H and O–H groups in total. The zero-order chi connectivity index (χ0) is 14.5. The van der Waals surface area contributed by atoms with Gasteiger partial charge < -0.3 is 10.6 Å². The summed E-state index contributed by atoms with van der Waals surface area (Å²) in [4.78, 5) is 8.29. The maximum atomic E-state index is 13.7. The molecule has 0 aliphatic rings. The fourth-order valence-electron chi connectivity index (χ4n) is 1.89. The van der Waals surface area contributed by atoms with Crippen LogP contribution in [0.4, 0.5) is 26.1 Å². The van der Waals surface area contributed by atoms with E-state index in [0.29, 0.717) is 12.2 Å². The Labute approximate surface area is 116 Å². The molecular formula is C14H16F2N4. The predicted octanol–water partition coefficient (Wildman–Crippen LogP) is 3.49. The number of halogens is 2. The van der Waals surface area contributed by atoms with Crippen LogP contribution in [0.5, 0.6) is 0 Å². The zero-order valence-corrected chi connectivity index (χ0v) is 11.4. The Morgan fingerprint density at radius 2 is 1.85 bits per heavy atom. The lowest BCUT2D eigenvalue weighted by Crippen LogP contribution is -2.08. The Morgan fingerprint density at radius 3 is 2.50 bits per heavy atom. The van der Waals surface area contributed by atoms with Crippen LogP contribution in [0.25, 0.3) is 0 Å². The van der Waals surface area contributed by atoms with Gasteiger partial charge in [-0.3, -0.25) is 0 Å². The third-order valence-electron chi connectivity index (χ3n) is 2.83. The summed E-state index contributed by atoms with van der Waals surface area (Å²) < 4.78 is 26.6. The zero-order valence-electron chi connectivity index (χ0n) is 11.4. The van der Waals surface area contributed by atoms with E-state index in [1.165, 1.54) is 18.5 Å². The standard InChI is InChI=1S/C14H16F2N4/c1-3-10-13(17-4-2)18-8-19-14(10)20-12-6-5-9(15)7-11(12)16/h5-8H,3-4H2,1-2H3,(H2,17,18,19,20). The number of aromatic nitrogens is 2. The molecule has 0 radical (unpaired) electrons. The van der Waals surface area contributed by atoms with E-state index in [1.54, 1.807) is 0 Å². The Bertz CT molecular complexity index is 602. The first-order valence-corrected chi connectivity index (χ1v) is 6.45. The van der Waals surface area contributed by atoms with Crippen LogP contribution in [-0.2, 0) is 6.42 Å². The quantitative estimate of drug-likeness (QED) is 0.879. The molecule has 1 heterocycles. The highest BCUT2D eigenvalue weighted by molar-refractivity contribution is 5.65. The van der Waals surface area contributed by atoms with Crippen molar-refractivity contribution in [2.24, 2.45) is 0 Å². The fraction of sp³-hybridized carbons (Fsp3) is 0.286. The highest BCUT2D eigenvalue weighted by Gasteiger charge is 2.11. The average molecular weight is 278 g/mol. The topological polar surface area (TPSA) is 49.8 Å². The Balaban J connectivity index is 2.35. The second-order valence-corrected chi connectivity index (χ2v) is 4.18. The minimum atomic E-state index is -0.657. The van der Waals surface area contributed by atoms with E-state index in [-0.39, 0.29) is 5.69 Å². The van der Waals surface area contributed by atoms with Gasteiger partial charge in [-0.25, -0.2) is 18.7 Å². The van der Waals surface area contributed by atoms with Crippen LogP contribution in [-0.4, -0.2) is 16.5 Å². The molecule has 2 aromatic rings. The summed E-state index contributed by atoms with van der Waals surface area (Å²) in [5.74, 6) is -0.0329. The molecule has 0 spiro atoms. The monoisotopic (exact) mass is 278 g/mol. The van der Waals surface area contributed by atoms with E-state index in [1.807, 2.05) is 13.8 Å². The van der Waals surface area contributed by atoms with Crippen LogP contribution >= 0.6 is 0 Å². The highest BCUT2D eigenvalue weighted by atomic mass is 19.1. The molecule has 0 atom stereocenters. The van der Waals surface area contributed by atoms with Crippen LogP contribution < -0.4 is 10.6 Å². The second kappa shape index (κ2) is 6.27. The number of hydrogen-bond donors (Lipinski definition) is 2. The Morgan fingerprint density at radius 1 is 1.10 bits per heavy atom. The maximum absolute atomic E-state index is 13.7. The van der Waals surface area contributed by atoms with Crippen molar-refractivity contribution in [1.29, 1.82) is 0 Å². The van der Waals surface area contributed by atoms with Crippen molar-refractivity contribution in [2.75, 3.05) is 17.2 Å². The molecule has 0 bridgehead atoms. The first-order valence-electron chi connectivity index (χ1n) is 6.45. The normalized spacial score (nSPS) is 10.4. The molecule has 0 fully saturated rings. The van der Waals surface area contributed by atoms with Crippen molar-refractivity contribution in [3.8, 4) is 0 Å². The Hall–Kier alpha value is -2.24. The minimum Gasteiger partial charge on any atom is -0.370 e. The summed E-state index contributed by atoms with van der Waals surface area (Å²) in [5.41, 5.74) is 1.04. The van der Waals surface area contributed by atoms with Gasteiger partial charge in [-0.05, 0) is 25.5 Å². The molecule has 0 saturated carbocycles. The van der Waals surface area contributed by atoms with Gasteiger partial charge in [0.15, 0.2) is 0 Å². The molecule has 0 saturated heterocycles. The van der Waals surface area contributed by atoms with E-state index >= 15 is 0 Å². The molecule has 106 valence electrons. The smallest absolute Gasteiger partial charge is 0.149 e. The van der Waals surface area contributed by atoms with E-state index in [2.05, 4.69) is 20.6 Å². The summed E-state index contributed by atoms with van der Waals surface area (Å²) >= 11 is 0. The molecule has 1 aromatic heterocycles. The van der Waals surface area contributed by atoms with Gasteiger partial charge in [0.2, 0.25) is 0 Å². The van der Waals surface area contributed by atoms with E-state index in [0.717, 1.165) is 24.0 Å². The SMILES string of the molecule is CCNc1ncnc(Nc2ccc(F)cc2F)c1CC. The number of benzene rings is 1. The van der Waals surface area contributed by atoms with Gasteiger partial charge in [0.1, 0.15) is 29.6 Å². The molecule has 0 aliphatic heterocycles. The predicted molar refractivity (Wildman–Crippen MR) is 75.2 cm³/mol.